The smallest absolute Gasteiger partial charge is 0.218 e. The Balaban J connectivity index is 1.71. The van der Waals surface area contributed by atoms with Crippen LogP contribution in [-0.2, 0) is 11.3 Å². The van der Waals surface area contributed by atoms with Gasteiger partial charge in [-0.05, 0) is 23.7 Å². The molecule has 1 aromatic rings. The molecule has 1 saturated heterocycles. The number of primary amides is 1. The van der Waals surface area contributed by atoms with Crippen LogP contribution in [0.1, 0.15) is 12.2 Å². The summed E-state index contributed by atoms with van der Waals surface area (Å²) in [6.07, 6.45) is 0.438. The third-order valence-corrected chi connectivity index (χ3v) is 3.35. The first-order valence-electron chi connectivity index (χ1n) is 6.11. The van der Waals surface area contributed by atoms with Crippen LogP contribution < -0.4 is 5.73 Å². The molecule has 0 aromatic carbocycles. The maximum atomic E-state index is 10.7. The molecule has 0 aliphatic carbocycles. The zero-order valence-corrected chi connectivity index (χ0v) is 11.0. The molecule has 5 nitrogen and oxygen atoms in total. The van der Waals surface area contributed by atoms with Gasteiger partial charge in [0.2, 0.25) is 5.91 Å². The monoisotopic (exact) mass is 271 g/mol. The molecule has 1 aliphatic heterocycles. The lowest BCUT2D eigenvalue weighted by atomic mass is 10.2. The predicted molar refractivity (Wildman–Crippen MR) is 69.2 cm³/mol. The number of carbonyl (C=O) groups is 1. The van der Waals surface area contributed by atoms with Crippen LogP contribution in [0.2, 0.25) is 5.22 Å². The second-order valence-electron chi connectivity index (χ2n) is 4.54. The summed E-state index contributed by atoms with van der Waals surface area (Å²) in [4.78, 5) is 15.3. The molecule has 18 heavy (non-hydrogen) atoms. The first-order valence-corrected chi connectivity index (χ1v) is 6.48. The van der Waals surface area contributed by atoms with Crippen molar-refractivity contribution in [1.82, 2.24) is 9.80 Å². The van der Waals surface area contributed by atoms with E-state index in [2.05, 4.69) is 9.80 Å². The fraction of sp³-hybridized carbons (Fsp3) is 0.583. The van der Waals surface area contributed by atoms with Gasteiger partial charge in [0.15, 0.2) is 5.22 Å². The molecule has 6 heteroatoms. The third kappa shape index (κ3) is 4.01. The van der Waals surface area contributed by atoms with Crippen molar-refractivity contribution in [3.8, 4) is 0 Å². The zero-order valence-electron chi connectivity index (χ0n) is 10.3. The molecule has 1 aliphatic rings. The van der Waals surface area contributed by atoms with E-state index in [0.29, 0.717) is 11.6 Å². The normalized spacial score (nSPS) is 18.1. The number of amides is 1. The summed E-state index contributed by atoms with van der Waals surface area (Å²) in [7, 11) is 0. The number of nitrogens with two attached hydrogens (primary N) is 1. The van der Waals surface area contributed by atoms with Crippen LogP contribution in [0, 0.1) is 0 Å². The second-order valence-corrected chi connectivity index (χ2v) is 4.91. The van der Waals surface area contributed by atoms with Crippen LogP contribution in [-0.4, -0.2) is 48.4 Å². The minimum Gasteiger partial charge on any atom is -0.448 e. The third-order valence-electron chi connectivity index (χ3n) is 3.15. The highest BCUT2D eigenvalue weighted by atomic mass is 35.5. The molecule has 1 amide bonds. The van der Waals surface area contributed by atoms with Crippen molar-refractivity contribution in [3.63, 3.8) is 0 Å². The SMILES string of the molecule is NC(=O)CCN1CCN(Cc2ccc(Cl)o2)CC1. The van der Waals surface area contributed by atoms with E-state index in [-0.39, 0.29) is 5.91 Å². The highest BCUT2D eigenvalue weighted by molar-refractivity contribution is 6.28. The molecule has 1 fully saturated rings. The highest BCUT2D eigenvalue weighted by Gasteiger charge is 2.18. The number of hydrogen-bond donors (Lipinski definition) is 1. The Hall–Kier alpha value is -1.04. The average molecular weight is 272 g/mol. The lowest BCUT2D eigenvalue weighted by Gasteiger charge is -2.33. The summed E-state index contributed by atoms with van der Waals surface area (Å²) in [6, 6.07) is 3.67. The standard InChI is InChI=1S/C12H18ClN3O2/c13-11-2-1-10(18-11)9-16-7-5-15(6-8-16)4-3-12(14)17/h1-2H,3-9H2,(H2,14,17). The second kappa shape index (κ2) is 6.22. The molecule has 2 heterocycles. The zero-order chi connectivity index (χ0) is 13.0. The van der Waals surface area contributed by atoms with Gasteiger partial charge in [-0.25, -0.2) is 0 Å². The summed E-state index contributed by atoms with van der Waals surface area (Å²) < 4.78 is 5.34. The number of rotatable bonds is 5. The molecule has 0 radical (unpaired) electrons. The van der Waals surface area contributed by atoms with E-state index in [9.17, 15) is 4.79 Å². The van der Waals surface area contributed by atoms with Gasteiger partial charge in [0.25, 0.3) is 0 Å². The number of halogens is 1. The molecule has 0 saturated carbocycles. The predicted octanol–water partition coefficient (Wildman–Crippen LogP) is 0.926. The molecule has 0 bridgehead atoms. The molecule has 2 rings (SSSR count). The summed E-state index contributed by atoms with van der Waals surface area (Å²) >= 11 is 5.73. The number of nitrogens with zero attached hydrogens (tertiary/aromatic N) is 2. The lowest BCUT2D eigenvalue weighted by molar-refractivity contribution is -0.118. The van der Waals surface area contributed by atoms with Gasteiger partial charge in [0, 0.05) is 39.1 Å². The molecule has 2 N–H and O–H groups in total. The van der Waals surface area contributed by atoms with Gasteiger partial charge < -0.3 is 15.1 Å². The van der Waals surface area contributed by atoms with Crippen molar-refractivity contribution >= 4 is 17.5 Å². The van der Waals surface area contributed by atoms with Crippen molar-refractivity contribution in [2.45, 2.75) is 13.0 Å². The van der Waals surface area contributed by atoms with Crippen molar-refractivity contribution < 1.29 is 9.21 Å². The van der Waals surface area contributed by atoms with Crippen LogP contribution in [0.3, 0.4) is 0 Å². The van der Waals surface area contributed by atoms with Gasteiger partial charge in [0.05, 0.1) is 6.54 Å². The van der Waals surface area contributed by atoms with Gasteiger partial charge in [0.1, 0.15) is 5.76 Å². The van der Waals surface area contributed by atoms with Crippen LogP contribution in [0.4, 0.5) is 0 Å². The lowest BCUT2D eigenvalue weighted by Crippen LogP contribution is -2.46. The number of furan rings is 1. The van der Waals surface area contributed by atoms with E-state index in [1.54, 1.807) is 6.07 Å². The van der Waals surface area contributed by atoms with Crippen molar-refractivity contribution in [2.75, 3.05) is 32.7 Å². The quantitative estimate of drug-likeness (QED) is 0.865. The summed E-state index contributed by atoms with van der Waals surface area (Å²) in [5.74, 6) is 0.660. The van der Waals surface area contributed by atoms with E-state index in [1.165, 1.54) is 0 Å². The summed E-state index contributed by atoms with van der Waals surface area (Å²) in [6.45, 7) is 5.41. The molecule has 0 spiro atoms. The average Bonchev–Trinajstić information content (AvgIpc) is 2.74. The summed E-state index contributed by atoms with van der Waals surface area (Å²) in [5, 5.41) is 0.435. The Kier molecular flexibility index (Phi) is 4.63. The maximum Gasteiger partial charge on any atom is 0.218 e. The molecule has 100 valence electrons. The van der Waals surface area contributed by atoms with Gasteiger partial charge in [-0.3, -0.25) is 9.69 Å². The van der Waals surface area contributed by atoms with Gasteiger partial charge >= 0.3 is 0 Å². The van der Waals surface area contributed by atoms with Gasteiger partial charge in [-0.1, -0.05) is 0 Å². The van der Waals surface area contributed by atoms with E-state index in [0.717, 1.165) is 45.0 Å². The largest absolute Gasteiger partial charge is 0.448 e. The number of hydrogen-bond acceptors (Lipinski definition) is 4. The molecule has 0 atom stereocenters. The highest BCUT2D eigenvalue weighted by Crippen LogP contribution is 2.15. The van der Waals surface area contributed by atoms with E-state index in [4.69, 9.17) is 21.8 Å². The molecule has 1 aromatic heterocycles. The maximum absolute atomic E-state index is 10.7. The molecular weight excluding hydrogens is 254 g/mol. The van der Waals surface area contributed by atoms with E-state index in [1.807, 2.05) is 6.07 Å². The first-order chi connectivity index (χ1) is 8.63. The minimum absolute atomic E-state index is 0.234. The van der Waals surface area contributed by atoms with Crippen molar-refractivity contribution in [2.24, 2.45) is 5.73 Å². The van der Waals surface area contributed by atoms with E-state index < -0.39 is 0 Å². The Labute approximate surface area is 111 Å². The van der Waals surface area contributed by atoms with Crippen molar-refractivity contribution in [1.29, 1.82) is 0 Å². The van der Waals surface area contributed by atoms with Gasteiger partial charge in [-0.2, -0.15) is 0 Å². The van der Waals surface area contributed by atoms with Crippen LogP contribution in [0.5, 0.6) is 0 Å². The van der Waals surface area contributed by atoms with Crippen LogP contribution >= 0.6 is 11.6 Å². The van der Waals surface area contributed by atoms with Gasteiger partial charge in [-0.15, -0.1) is 0 Å². The van der Waals surface area contributed by atoms with Crippen LogP contribution in [0.15, 0.2) is 16.5 Å². The fourth-order valence-electron chi connectivity index (χ4n) is 2.10. The van der Waals surface area contributed by atoms with Crippen LogP contribution in [0.25, 0.3) is 0 Å². The topological polar surface area (TPSA) is 62.7 Å². The summed E-state index contributed by atoms with van der Waals surface area (Å²) in [5.41, 5.74) is 5.14. The van der Waals surface area contributed by atoms with Crippen molar-refractivity contribution in [3.05, 3.63) is 23.1 Å². The Bertz CT molecular complexity index is 400. The Morgan fingerprint density at radius 2 is 1.94 bits per heavy atom. The Morgan fingerprint density at radius 3 is 2.50 bits per heavy atom. The first kappa shape index (κ1) is 13.4. The van der Waals surface area contributed by atoms with E-state index >= 15 is 0 Å². The molecule has 0 unspecified atom stereocenters. The Morgan fingerprint density at radius 1 is 1.28 bits per heavy atom. The minimum atomic E-state index is -0.234. The number of carbonyl (C=O) groups excluding carboxylic acids is 1. The molecular formula is C12H18ClN3O2. The fourth-order valence-corrected chi connectivity index (χ4v) is 2.26. The number of piperazine rings is 1.